The highest BCUT2D eigenvalue weighted by atomic mass is 32.2. The fourth-order valence-electron chi connectivity index (χ4n) is 1.72. The Bertz CT molecular complexity index is 360. The largest absolute Gasteiger partial charge is 0.325 e. The number of halogens is 2. The normalized spacial score (nSPS) is 17.4. The highest BCUT2D eigenvalue weighted by Crippen LogP contribution is 2.36. The van der Waals surface area contributed by atoms with Crippen LogP contribution in [0.5, 0.6) is 0 Å². The predicted octanol–water partition coefficient (Wildman–Crippen LogP) is 3.47. The Balaban J connectivity index is 1.80. The molecule has 2 rings (SSSR count). The Kier molecular flexibility index (Phi) is 4.05. The van der Waals surface area contributed by atoms with Gasteiger partial charge in [-0.1, -0.05) is 12.1 Å². The van der Waals surface area contributed by atoms with Crippen molar-refractivity contribution in [1.82, 2.24) is 0 Å². The van der Waals surface area contributed by atoms with Crippen LogP contribution >= 0.6 is 11.8 Å². The van der Waals surface area contributed by atoms with Crippen molar-refractivity contribution >= 4 is 11.8 Å². The molecule has 2 N–H and O–H groups in total. The molecule has 0 aliphatic heterocycles. The molecule has 0 unspecified atom stereocenters. The lowest BCUT2D eigenvalue weighted by atomic mass is 10.0. The molecule has 1 aliphatic rings. The average Bonchev–Trinajstić information content (AvgIpc) is 3.04. The summed E-state index contributed by atoms with van der Waals surface area (Å²) in [7, 11) is 0. The van der Waals surface area contributed by atoms with Crippen LogP contribution in [-0.2, 0) is 6.42 Å². The van der Waals surface area contributed by atoms with E-state index in [1.165, 1.54) is 17.3 Å². The molecule has 1 aromatic carbocycles. The number of nitrogens with two attached hydrogens (primary N) is 1. The van der Waals surface area contributed by atoms with E-state index in [-0.39, 0.29) is 11.3 Å². The van der Waals surface area contributed by atoms with E-state index in [9.17, 15) is 8.78 Å². The molecule has 1 saturated carbocycles. The molecule has 0 radical (unpaired) electrons. The van der Waals surface area contributed by atoms with Crippen molar-refractivity contribution in [3.63, 3.8) is 0 Å². The molecular weight excluding hydrogens is 240 g/mol. The topological polar surface area (TPSA) is 26.0 Å². The number of thioether (sulfide) groups is 1. The summed E-state index contributed by atoms with van der Waals surface area (Å²) < 4.78 is 24.0. The molecule has 0 bridgehead atoms. The Labute approximate surface area is 105 Å². The van der Waals surface area contributed by atoms with E-state index in [4.69, 9.17) is 5.73 Å². The molecular formula is C13H17F2NS. The maximum absolute atomic E-state index is 12.0. The quantitative estimate of drug-likeness (QED) is 0.790. The summed E-state index contributed by atoms with van der Waals surface area (Å²) >= 11 is 1.20. The average molecular weight is 257 g/mol. The summed E-state index contributed by atoms with van der Waals surface area (Å²) in [5.74, 6) is -0.134. The Hall–Kier alpha value is -0.610. The number of aryl methyl sites for hydroxylation is 1. The Morgan fingerprint density at radius 1 is 1.24 bits per heavy atom. The van der Waals surface area contributed by atoms with Gasteiger partial charge < -0.3 is 5.73 Å². The van der Waals surface area contributed by atoms with Gasteiger partial charge in [-0.2, -0.15) is 0 Å². The molecule has 0 saturated heterocycles. The highest BCUT2D eigenvalue weighted by Gasteiger charge is 2.37. The summed E-state index contributed by atoms with van der Waals surface area (Å²) in [6, 6.07) is 7.86. The molecule has 1 fully saturated rings. The first kappa shape index (κ1) is 12.8. The number of alkyl halides is 2. The molecule has 0 amide bonds. The Morgan fingerprint density at radius 2 is 1.88 bits per heavy atom. The van der Waals surface area contributed by atoms with Gasteiger partial charge in [0.15, 0.2) is 0 Å². The lowest BCUT2D eigenvalue weighted by molar-refractivity contribution is 0.177. The van der Waals surface area contributed by atoms with Gasteiger partial charge in [0.1, 0.15) is 0 Å². The molecule has 1 aliphatic carbocycles. The maximum Gasteiger partial charge on any atom is 0.247 e. The van der Waals surface area contributed by atoms with Crippen molar-refractivity contribution in [3.05, 3.63) is 29.8 Å². The SMILES string of the molecule is NC1(CCc2ccc(SCC(F)F)cc2)CC1. The fourth-order valence-corrected chi connectivity index (χ4v) is 2.36. The lowest BCUT2D eigenvalue weighted by Crippen LogP contribution is -2.22. The van der Waals surface area contributed by atoms with Gasteiger partial charge >= 0.3 is 0 Å². The Morgan fingerprint density at radius 3 is 2.41 bits per heavy atom. The van der Waals surface area contributed by atoms with Crippen molar-refractivity contribution in [2.45, 2.75) is 42.5 Å². The van der Waals surface area contributed by atoms with E-state index < -0.39 is 6.43 Å². The van der Waals surface area contributed by atoms with Crippen molar-refractivity contribution in [3.8, 4) is 0 Å². The molecule has 0 spiro atoms. The van der Waals surface area contributed by atoms with Crippen LogP contribution in [0.25, 0.3) is 0 Å². The minimum atomic E-state index is -2.24. The molecule has 17 heavy (non-hydrogen) atoms. The third-order valence-electron chi connectivity index (χ3n) is 3.10. The summed E-state index contributed by atoms with van der Waals surface area (Å²) in [5, 5.41) is 0. The van der Waals surface area contributed by atoms with Gasteiger partial charge in [-0.25, -0.2) is 8.78 Å². The van der Waals surface area contributed by atoms with Crippen LogP contribution in [0.3, 0.4) is 0 Å². The number of hydrogen-bond donors (Lipinski definition) is 1. The van der Waals surface area contributed by atoms with Crippen molar-refractivity contribution < 1.29 is 8.78 Å². The first-order valence-electron chi connectivity index (χ1n) is 5.86. The third kappa shape index (κ3) is 4.28. The summed E-state index contributed by atoms with van der Waals surface area (Å²) in [6.07, 6.45) is 2.03. The zero-order valence-electron chi connectivity index (χ0n) is 9.66. The van der Waals surface area contributed by atoms with Gasteiger partial charge in [-0.3, -0.25) is 0 Å². The number of benzene rings is 1. The molecule has 0 aromatic heterocycles. The first-order chi connectivity index (χ1) is 8.07. The van der Waals surface area contributed by atoms with Crippen LogP contribution in [0.4, 0.5) is 8.78 Å². The molecule has 94 valence electrons. The second-order valence-corrected chi connectivity index (χ2v) is 5.80. The predicted molar refractivity (Wildman–Crippen MR) is 67.6 cm³/mol. The molecule has 0 heterocycles. The van der Waals surface area contributed by atoms with E-state index in [1.807, 2.05) is 24.3 Å². The number of rotatable bonds is 6. The minimum Gasteiger partial charge on any atom is -0.325 e. The van der Waals surface area contributed by atoms with Crippen molar-refractivity contribution in [2.24, 2.45) is 5.73 Å². The third-order valence-corrected chi connectivity index (χ3v) is 4.13. The zero-order valence-corrected chi connectivity index (χ0v) is 10.5. The van der Waals surface area contributed by atoms with E-state index in [2.05, 4.69) is 0 Å². The van der Waals surface area contributed by atoms with E-state index in [0.29, 0.717) is 0 Å². The lowest BCUT2D eigenvalue weighted by Gasteiger charge is -2.08. The van der Waals surface area contributed by atoms with Crippen LogP contribution in [0, 0.1) is 0 Å². The highest BCUT2D eigenvalue weighted by molar-refractivity contribution is 7.99. The monoisotopic (exact) mass is 257 g/mol. The van der Waals surface area contributed by atoms with Crippen LogP contribution in [0.1, 0.15) is 24.8 Å². The van der Waals surface area contributed by atoms with E-state index in [1.54, 1.807) is 0 Å². The number of hydrogen-bond acceptors (Lipinski definition) is 2. The van der Waals surface area contributed by atoms with Gasteiger partial charge in [0.25, 0.3) is 0 Å². The van der Waals surface area contributed by atoms with Crippen molar-refractivity contribution in [2.75, 3.05) is 5.75 Å². The van der Waals surface area contributed by atoms with Gasteiger partial charge in [0, 0.05) is 10.4 Å². The van der Waals surface area contributed by atoms with Gasteiger partial charge in [0.2, 0.25) is 6.43 Å². The summed E-state index contributed by atoms with van der Waals surface area (Å²) in [5.41, 5.74) is 7.34. The standard InChI is InChI=1S/C13H17F2NS/c14-12(15)9-17-11-3-1-10(2-4-11)5-6-13(16)7-8-13/h1-4,12H,5-9,16H2. The van der Waals surface area contributed by atoms with Gasteiger partial charge in [0.05, 0.1) is 5.75 Å². The maximum atomic E-state index is 12.0. The van der Waals surface area contributed by atoms with Gasteiger partial charge in [-0.05, 0) is 43.4 Å². The van der Waals surface area contributed by atoms with Crippen molar-refractivity contribution in [1.29, 1.82) is 0 Å². The summed E-state index contributed by atoms with van der Waals surface area (Å²) in [6.45, 7) is 0. The van der Waals surface area contributed by atoms with Crippen LogP contribution in [-0.4, -0.2) is 17.7 Å². The fraction of sp³-hybridized carbons (Fsp3) is 0.538. The second-order valence-electron chi connectivity index (χ2n) is 4.71. The molecule has 4 heteroatoms. The van der Waals surface area contributed by atoms with E-state index >= 15 is 0 Å². The van der Waals surface area contributed by atoms with Crippen LogP contribution in [0.15, 0.2) is 29.2 Å². The molecule has 1 nitrogen and oxygen atoms in total. The van der Waals surface area contributed by atoms with Gasteiger partial charge in [-0.15, -0.1) is 11.8 Å². The van der Waals surface area contributed by atoms with E-state index in [0.717, 1.165) is 30.6 Å². The zero-order chi connectivity index (χ0) is 12.3. The molecule has 0 atom stereocenters. The van der Waals surface area contributed by atoms with Crippen LogP contribution < -0.4 is 5.73 Å². The minimum absolute atomic E-state index is 0.0864. The summed E-state index contributed by atoms with van der Waals surface area (Å²) in [4.78, 5) is 0.905. The smallest absolute Gasteiger partial charge is 0.247 e. The van der Waals surface area contributed by atoms with Crippen LogP contribution in [0.2, 0.25) is 0 Å². The molecule has 1 aromatic rings. The first-order valence-corrected chi connectivity index (χ1v) is 6.85. The second kappa shape index (κ2) is 5.36.